The molecule has 0 heterocycles. The van der Waals surface area contributed by atoms with E-state index in [1.54, 1.807) is 0 Å². The maximum absolute atomic E-state index is 12.9. The number of hydrogen-bond acceptors (Lipinski definition) is 6. The lowest BCUT2D eigenvalue weighted by molar-refractivity contribution is -0.167. The maximum Gasteiger partial charge on any atom is 0.306 e. The van der Waals surface area contributed by atoms with Gasteiger partial charge in [0.25, 0.3) is 0 Å². The first kappa shape index (κ1) is 76.6. The summed E-state index contributed by atoms with van der Waals surface area (Å²) in [6.07, 6.45) is 84.5. The van der Waals surface area contributed by atoms with Crippen LogP contribution in [0, 0.1) is 0 Å². The molecular formula is C73H136O6. The van der Waals surface area contributed by atoms with E-state index in [2.05, 4.69) is 57.2 Å². The molecule has 0 aliphatic carbocycles. The van der Waals surface area contributed by atoms with E-state index in [9.17, 15) is 14.4 Å². The van der Waals surface area contributed by atoms with Crippen molar-refractivity contribution >= 4 is 17.9 Å². The summed E-state index contributed by atoms with van der Waals surface area (Å²) in [7, 11) is 0. The molecule has 0 bridgehead atoms. The average molecular weight is 1110 g/mol. The zero-order valence-corrected chi connectivity index (χ0v) is 53.4. The Kier molecular flexibility index (Phi) is 66.1. The Hall–Kier alpha value is -2.37. The first-order valence-electron chi connectivity index (χ1n) is 35.5. The van der Waals surface area contributed by atoms with Gasteiger partial charge < -0.3 is 14.2 Å². The van der Waals surface area contributed by atoms with Crippen LogP contribution >= 0.6 is 0 Å². The van der Waals surface area contributed by atoms with Crippen molar-refractivity contribution in [3.8, 4) is 0 Å². The molecule has 0 rings (SSSR count). The summed E-state index contributed by atoms with van der Waals surface area (Å²) in [5, 5.41) is 0. The van der Waals surface area contributed by atoms with E-state index in [1.807, 2.05) is 0 Å². The minimum Gasteiger partial charge on any atom is -0.462 e. The molecule has 0 amide bonds. The van der Waals surface area contributed by atoms with Gasteiger partial charge in [-0.05, 0) is 57.8 Å². The van der Waals surface area contributed by atoms with Gasteiger partial charge in [0.2, 0.25) is 0 Å². The maximum atomic E-state index is 12.9. The van der Waals surface area contributed by atoms with Crippen molar-refractivity contribution in [2.75, 3.05) is 13.2 Å². The highest BCUT2D eigenvalue weighted by molar-refractivity contribution is 5.71. The van der Waals surface area contributed by atoms with E-state index in [0.29, 0.717) is 19.3 Å². The Morgan fingerprint density at radius 2 is 0.456 bits per heavy atom. The lowest BCUT2D eigenvalue weighted by Crippen LogP contribution is -2.30. The van der Waals surface area contributed by atoms with Crippen LogP contribution in [0.2, 0.25) is 0 Å². The van der Waals surface area contributed by atoms with Crippen LogP contribution in [0.25, 0.3) is 0 Å². The number of esters is 3. The van der Waals surface area contributed by atoms with Gasteiger partial charge >= 0.3 is 17.9 Å². The highest BCUT2D eigenvalue weighted by atomic mass is 16.6. The first-order chi connectivity index (χ1) is 39.0. The van der Waals surface area contributed by atoms with Crippen molar-refractivity contribution in [1.29, 1.82) is 0 Å². The molecule has 1 atom stereocenters. The number of hydrogen-bond donors (Lipinski definition) is 0. The second-order valence-corrected chi connectivity index (χ2v) is 24.2. The monoisotopic (exact) mass is 1110 g/mol. The molecule has 0 saturated carbocycles. The summed E-state index contributed by atoms with van der Waals surface area (Å²) in [5.41, 5.74) is 0. The largest absolute Gasteiger partial charge is 0.462 e. The van der Waals surface area contributed by atoms with Gasteiger partial charge in [0.1, 0.15) is 13.2 Å². The number of allylic oxidation sites excluding steroid dienone is 6. The van der Waals surface area contributed by atoms with Crippen molar-refractivity contribution in [2.45, 2.75) is 399 Å². The molecule has 79 heavy (non-hydrogen) atoms. The quantitative estimate of drug-likeness (QED) is 0.0261. The van der Waals surface area contributed by atoms with E-state index in [-0.39, 0.29) is 31.1 Å². The minimum atomic E-state index is -0.770. The number of unbranched alkanes of at least 4 members (excludes halogenated alkanes) is 49. The van der Waals surface area contributed by atoms with Crippen LogP contribution in [0.3, 0.4) is 0 Å². The Labute approximate surface area is 493 Å². The van der Waals surface area contributed by atoms with E-state index in [0.717, 1.165) is 70.6 Å². The summed E-state index contributed by atoms with van der Waals surface area (Å²) >= 11 is 0. The summed E-state index contributed by atoms with van der Waals surface area (Å²) in [4.78, 5) is 38.4. The standard InChI is InChI=1S/C73H136O6/c1-4-7-10-13-16-19-22-25-28-31-33-34-35-36-37-38-39-40-41-43-45-48-51-54-57-60-63-66-72(75)78-69-70(68-77-71(74)65-62-59-56-53-50-47-44-30-27-24-21-18-15-12-9-6-3)79-73(76)67-64-61-58-55-52-49-46-42-32-29-26-23-20-17-14-11-8-5-2/h22,25,31,33,35-36,70H,4-21,23-24,26-30,32,34,37-69H2,1-3H3/b25-22-,33-31-,36-35-. The molecule has 1 unspecified atom stereocenters. The van der Waals surface area contributed by atoms with Gasteiger partial charge in [-0.1, -0.05) is 353 Å². The molecular weight excluding hydrogens is 973 g/mol. The lowest BCUT2D eigenvalue weighted by atomic mass is 10.0. The Bertz CT molecular complexity index is 1320. The normalized spacial score (nSPS) is 12.2. The van der Waals surface area contributed by atoms with Crippen LogP contribution in [-0.2, 0) is 28.6 Å². The molecule has 0 radical (unpaired) electrons. The summed E-state index contributed by atoms with van der Waals surface area (Å²) in [6, 6.07) is 0. The Morgan fingerprint density at radius 1 is 0.253 bits per heavy atom. The van der Waals surface area contributed by atoms with Gasteiger partial charge in [-0.15, -0.1) is 0 Å². The number of carbonyl (C=O) groups is 3. The molecule has 0 aromatic rings. The number of rotatable bonds is 66. The van der Waals surface area contributed by atoms with Gasteiger partial charge in [0.05, 0.1) is 0 Å². The van der Waals surface area contributed by atoms with Crippen molar-refractivity contribution < 1.29 is 28.6 Å². The van der Waals surface area contributed by atoms with Crippen molar-refractivity contribution in [2.24, 2.45) is 0 Å². The fourth-order valence-electron chi connectivity index (χ4n) is 10.8. The van der Waals surface area contributed by atoms with Gasteiger partial charge in [0.15, 0.2) is 6.10 Å². The zero-order valence-electron chi connectivity index (χ0n) is 53.4. The molecule has 0 spiro atoms. The van der Waals surface area contributed by atoms with Gasteiger partial charge in [-0.25, -0.2) is 0 Å². The third kappa shape index (κ3) is 66.3. The molecule has 0 aliphatic heterocycles. The number of ether oxygens (including phenoxy) is 3. The molecule has 6 heteroatoms. The Balaban J connectivity index is 4.26. The molecule has 0 N–H and O–H groups in total. The van der Waals surface area contributed by atoms with Crippen LogP contribution in [-0.4, -0.2) is 37.2 Å². The van der Waals surface area contributed by atoms with Crippen molar-refractivity contribution in [3.05, 3.63) is 36.5 Å². The summed E-state index contributed by atoms with van der Waals surface area (Å²) in [5.74, 6) is -0.835. The molecule has 0 aromatic carbocycles. The first-order valence-corrected chi connectivity index (χ1v) is 35.5. The highest BCUT2D eigenvalue weighted by Crippen LogP contribution is 2.19. The van der Waals surface area contributed by atoms with E-state index >= 15 is 0 Å². The third-order valence-electron chi connectivity index (χ3n) is 16.1. The summed E-state index contributed by atoms with van der Waals surface area (Å²) in [6.45, 7) is 6.71. The highest BCUT2D eigenvalue weighted by Gasteiger charge is 2.19. The van der Waals surface area contributed by atoms with Crippen LogP contribution in [0.1, 0.15) is 393 Å². The van der Waals surface area contributed by atoms with Crippen molar-refractivity contribution in [3.63, 3.8) is 0 Å². The molecule has 6 nitrogen and oxygen atoms in total. The van der Waals surface area contributed by atoms with Crippen LogP contribution < -0.4 is 0 Å². The smallest absolute Gasteiger partial charge is 0.306 e. The Morgan fingerprint density at radius 3 is 0.709 bits per heavy atom. The number of carbonyl (C=O) groups excluding carboxylic acids is 3. The van der Waals surface area contributed by atoms with Gasteiger partial charge in [0, 0.05) is 19.3 Å². The van der Waals surface area contributed by atoms with Crippen molar-refractivity contribution in [1.82, 2.24) is 0 Å². The molecule has 0 fully saturated rings. The van der Waals surface area contributed by atoms with E-state index < -0.39 is 6.10 Å². The van der Waals surface area contributed by atoms with Crippen LogP contribution in [0.5, 0.6) is 0 Å². The lowest BCUT2D eigenvalue weighted by Gasteiger charge is -2.18. The fraction of sp³-hybridized carbons (Fsp3) is 0.877. The molecule has 464 valence electrons. The SMILES string of the molecule is CCCCCCC/C=C\C/C=C\C/C=C\CCCCCCCCCCCCCCC(=O)OCC(COC(=O)CCCCCCCCCCCCCCCCCC)OC(=O)CCCCCCCCCCCCCCCCCCCC. The van der Waals surface area contributed by atoms with Crippen LogP contribution in [0.4, 0.5) is 0 Å². The predicted octanol–water partition coefficient (Wildman–Crippen LogP) is 24.3. The zero-order chi connectivity index (χ0) is 57.1. The second kappa shape index (κ2) is 68.1. The summed E-state index contributed by atoms with van der Waals surface area (Å²) < 4.78 is 17.0. The van der Waals surface area contributed by atoms with Gasteiger partial charge in [-0.3, -0.25) is 14.4 Å². The average Bonchev–Trinajstić information content (AvgIpc) is 3.45. The fourth-order valence-corrected chi connectivity index (χ4v) is 10.8. The molecule has 0 saturated heterocycles. The van der Waals surface area contributed by atoms with E-state index in [4.69, 9.17) is 14.2 Å². The molecule has 0 aliphatic rings. The second-order valence-electron chi connectivity index (χ2n) is 24.2. The van der Waals surface area contributed by atoms with E-state index in [1.165, 1.54) is 283 Å². The minimum absolute atomic E-state index is 0.0657. The van der Waals surface area contributed by atoms with Gasteiger partial charge in [-0.2, -0.15) is 0 Å². The third-order valence-corrected chi connectivity index (χ3v) is 16.1. The molecule has 0 aromatic heterocycles. The predicted molar refractivity (Wildman–Crippen MR) is 344 cm³/mol. The topological polar surface area (TPSA) is 78.9 Å². The van der Waals surface area contributed by atoms with Crippen LogP contribution in [0.15, 0.2) is 36.5 Å².